The fourth-order valence-corrected chi connectivity index (χ4v) is 5.30. The van der Waals surface area contributed by atoms with Gasteiger partial charge in [-0.05, 0) is 63.6 Å². The lowest BCUT2D eigenvalue weighted by Gasteiger charge is -2.23. The molecule has 0 saturated heterocycles. The lowest BCUT2D eigenvalue weighted by atomic mass is 9.85. The number of carbonyl (C=O) groups excluding carboxylic acids is 1. The van der Waals surface area contributed by atoms with E-state index in [4.69, 9.17) is 13.9 Å². The Morgan fingerprint density at radius 3 is 2.02 bits per heavy atom. The molecule has 0 bridgehead atoms. The van der Waals surface area contributed by atoms with Crippen LogP contribution in [0.25, 0.3) is 22.2 Å². The van der Waals surface area contributed by atoms with Gasteiger partial charge in [0.25, 0.3) is 0 Å². The summed E-state index contributed by atoms with van der Waals surface area (Å²) in [7, 11) is 0. The number of carbonyl (C=O) groups is 1. The van der Waals surface area contributed by atoms with Crippen molar-refractivity contribution in [2.24, 2.45) is 11.3 Å². The Kier molecular flexibility index (Phi) is 14.6. The average molecular weight is 646 g/mol. The summed E-state index contributed by atoms with van der Waals surface area (Å²) in [4.78, 5) is 29.1. The van der Waals surface area contributed by atoms with E-state index in [2.05, 4.69) is 18.8 Å². The van der Waals surface area contributed by atoms with Crippen LogP contribution in [0.3, 0.4) is 0 Å². The highest BCUT2D eigenvalue weighted by molar-refractivity contribution is 5.80. The summed E-state index contributed by atoms with van der Waals surface area (Å²) < 4.78 is 56.9. The second-order valence-corrected chi connectivity index (χ2v) is 13.2. The van der Waals surface area contributed by atoms with Crippen LogP contribution >= 0.6 is 0 Å². The number of ether oxygens (including phenoxy) is 2. The summed E-state index contributed by atoms with van der Waals surface area (Å²) in [5.41, 5.74) is -2.55. The van der Waals surface area contributed by atoms with Crippen LogP contribution in [0.2, 0.25) is 0 Å². The number of aromatic nitrogens is 1. The van der Waals surface area contributed by atoms with E-state index in [1.54, 1.807) is 12.1 Å². The molecule has 3 aromatic rings. The van der Waals surface area contributed by atoms with Crippen molar-refractivity contribution in [2.45, 2.75) is 117 Å². The van der Waals surface area contributed by atoms with Gasteiger partial charge in [0.1, 0.15) is 0 Å². The largest absolute Gasteiger partial charge is 0.478 e. The number of hydrogen-bond acceptors (Lipinski definition) is 6. The number of unbranched alkanes of at least 4 members (excludes halogenated alkanes) is 10. The number of rotatable bonds is 20. The molecule has 0 radical (unpaired) electrons. The third-order valence-corrected chi connectivity index (χ3v) is 8.27. The number of pyridine rings is 1. The van der Waals surface area contributed by atoms with E-state index in [1.807, 2.05) is 13.8 Å². The highest BCUT2D eigenvalue weighted by atomic mass is 19.4. The number of fused-ring (bicyclic) bond motifs is 1. The van der Waals surface area contributed by atoms with Crippen LogP contribution in [0.5, 0.6) is 5.88 Å². The molecule has 0 fully saturated rings. The van der Waals surface area contributed by atoms with Gasteiger partial charge in [0.05, 0.1) is 29.8 Å². The van der Waals surface area contributed by atoms with E-state index >= 15 is 0 Å². The van der Waals surface area contributed by atoms with Crippen molar-refractivity contribution < 1.29 is 31.9 Å². The van der Waals surface area contributed by atoms with Gasteiger partial charge >= 0.3 is 17.8 Å². The first-order chi connectivity index (χ1) is 21.9. The molecule has 0 saturated carbocycles. The molecule has 2 heterocycles. The number of alkyl halides is 3. The van der Waals surface area contributed by atoms with Crippen LogP contribution in [0.1, 0.15) is 117 Å². The predicted octanol–water partition coefficient (Wildman–Crippen LogP) is 10.5. The van der Waals surface area contributed by atoms with Gasteiger partial charge in [-0.1, -0.05) is 89.8 Å². The van der Waals surface area contributed by atoms with Gasteiger partial charge in [0.15, 0.2) is 0 Å². The van der Waals surface area contributed by atoms with Crippen LogP contribution in [0.15, 0.2) is 51.7 Å². The maximum absolute atomic E-state index is 13.5. The maximum atomic E-state index is 13.5. The third kappa shape index (κ3) is 12.1. The molecule has 254 valence electrons. The topological polar surface area (TPSA) is 78.6 Å². The van der Waals surface area contributed by atoms with E-state index in [9.17, 15) is 22.8 Å². The summed E-state index contributed by atoms with van der Waals surface area (Å²) in [6, 6.07) is 9.57. The van der Waals surface area contributed by atoms with Gasteiger partial charge in [-0.2, -0.15) is 18.2 Å². The van der Waals surface area contributed by atoms with Crippen LogP contribution in [0.4, 0.5) is 13.2 Å². The maximum Gasteiger partial charge on any atom is 0.417 e. The van der Waals surface area contributed by atoms with Crippen molar-refractivity contribution >= 4 is 17.1 Å². The first kappa shape index (κ1) is 37.1. The first-order valence-electron chi connectivity index (χ1n) is 16.8. The summed E-state index contributed by atoms with van der Waals surface area (Å²) >= 11 is 0. The van der Waals surface area contributed by atoms with E-state index < -0.39 is 22.8 Å². The van der Waals surface area contributed by atoms with Gasteiger partial charge < -0.3 is 13.9 Å². The monoisotopic (exact) mass is 645 g/mol. The minimum absolute atomic E-state index is 0.0238. The van der Waals surface area contributed by atoms with Gasteiger partial charge in [0.2, 0.25) is 11.6 Å². The molecule has 0 amide bonds. The van der Waals surface area contributed by atoms with Gasteiger partial charge in [0, 0.05) is 17.0 Å². The molecule has 0 unspecified atom stereocenters. The van der Waals surface area contributed by atoms with E-state index in [0.29, 0.717) is 30.4 Å². The van der Waals surface area contributed by atoms with Crippen molar-refractivity contribution in [3.8, 4) is 17.0 Å². The van der Waals surface area contributed by atoms with Crippen LogP contribution in [-0.4, -0.2) is 24.2 Å². The molecular formula is C37H50F3NO5. The quantitative estimate of drug-likeness (QED) is 0.0899. The normalized spacial score (nSPS) is 12.2. The van der Waals surface area contributed by atoms with Crippen LogP contribution in [-0.2, 0) is 15.7 Å². The van der Waals surface area contributed by atoms with Crippen LogP contribution in [0, 0.1) is 11.3 Å². The van der Waals surface area contributed by atoms with E-state index in [1.165, 1.54) is 62.8 Å². The minimum atomic E-state index is -4.60. The second-order valence-electron chi connectivity index (χ2n) is 13.2. The van der Waals surface area contributed by atoms with Crippen molar-refractivity contribution in [1.82, 2.24) is 4.98 Å². The zero-order valence-corrected chi connectivity index (χ0v) is 27.8. The first-order valence-corrected chi connectivity index (χ1v) is 16.8. The van der Waals surface area contributed by atoms with E-state index in [-0.39, 0.29) is 22.8 Å². The molecule has 0 atom stereocenters. The van der Waals surface area contributed by atoms with Crippen molar-refractivity contribution in [2.75, 3.05) is 13.2 Å². The van der Waals surface area contributed by atoms with Crippen molar-refractivity contribution in [1.29, 1.82) is 0 Å². The van der Waals surface area contributed by atoms with Gasteiger partial charge in [-0.25, -0.2) is 4.79 Å². The van der Waals surface area contributed by atoms with Crippen molar-refractivity contribution in [3.63, 3.8) is 0 Å². The highest BCUT2D eigenvalue weighted by Gasteiger charge is 2.34. The van der Waals surface area contributed by atoms with Crippen molar-refractivity contribution in [3.05, 3.63) is 58.4 Å². The Hall–Kier alpha value is -3.36. The van der Waals surface area contributed by atoms with Crippen LogP contribution < -0.4 is 10.4 Å². The molecule has 9 heteroatoms. The van der Waals surface area contributed by atoms with E-state index in [0.717, 1.165) is 51.0 Å². The smallest absolute Gasteiger partial charge is 0.417 e. The Bertz CT molecular complexity index is 1430. The molecular weight excluding hydrogens is 595 g/mol. The molecule has 0 spiro atoms. The number of nitrogens with zero attached hydrogens (tertiary/aromatic N) is 1. The Morgan fingerprint density at radius 2 is 1.41 bits per heavy atom. The predicted molar refractivity (Wildman–Crippen MR) is 176 cm³/mol. The van der Waals surface area contributed by atoms with Gasteiger partial charge in [-0.3, -0.25) is 4.79 Å². The second kappa shape index (κ2) is 18.1. The zero-order valence-electron chi connectivity index (χ0n) is 27.8. The summed E-state index contributed by atoms with van der Waals surface area (Å²) in [5.74, 6) is 0.823. The third-order valence-electron chi connectivity index (χ3n) is 8.27. The molecule has 1 aromatic carbocycles. The van der Waals surface area contributed by atoms with Gasteiger partial charge in [-0.15, -0.1) is 0 Å². The summed E-state index contributed by atoms with van der Waals surface area (Å²) in [6.07, 6.45) is 9.59. The lowest BCUT2D eigenvalue weighted by Crippen LogP contribution is -2.27. The highest BCUT2D eigenvalue weighted by Crippen LogP contribution is 2.36. The number of halogens is 3. The SMILES string of the molecule is CC(C)CCC(C)(C)C(=O)OCCCCCCCCCCCCCOc1ccc2cc(-c3ccccc3C(F)(F)F)c(=O)oc2n1. The molecule has 0 aliphatic carbocycles. The Morgan fingerprint density at radius 1 is 0.826 bits per heavy atom. The molecule has 6 nitrogen and oxygen atoms in total. The number of hydrogen-bond donors (Lipinski definition) is 0. The Balaban J connectivity index is 1.24. The summed E-state index contributed by atoms with van der Waals surface area (Å²) in [6.45, 7) is 9.30. The molecule has 0 aliphatic heterocycles. The molecule has 46 heavy (non-hydrogen) atoms. The fourth-order valence-electron chi connectivity index (χ4n) is 5.30. The molecule has 3 rings (SSSR count). The number of esters is 1. The average Bonchev–Trinajstić information content (AvgIpc) is 3.01. The number of benzene rings is 1. The zero-order chi connectivity index (χ0) is 33.6. The standard InChI is InChI=1S/C37H50F3NO5/c1-27(2)22-23-36(3,4)35(43)45-25-17-13-11-9-7-5-6-8-10-12-16-24-44-32-21-20-28-26-30(34(42)46-33(28)41-32)29-18-14-15-19-31(29)37(38,39)40/h14-15,18-21,26-27H,5-13,16-17,22-25H2,1-4H3. The summed E-state index contributed by atoms with van der Waals surface area (Å²) in [5, 5.41) is 0.413. The lowest BCUT2D eigenvalue weighted by molar-refractivity contribution is -0.154. The molecule has 0 N–H and O–H groups in total. The Labute approximate surface area is 271 Å². The molecule has 0 aliphatic rings. The minimum Gasteiger partial charge on any atom is -0.478 e. The molecule has 2 aromatic heterocycles. The fraction of sp³-hybridized carbons (Fsp3) is 0.595.